The van der Waals surface area contributed by atoms with Crippen LogP contribution in [0.1, 0.15) is 16.4 Å². The van der Waals surface area contributed by atoms with Gasteiger partial charge in [0.2, 0.25) is 11.1 Å². The van der Waals surface area contributed by atoms with Gasteiger partial charge in [-0.15, -0.1) is 5.10 Å². The molecule has 2 N–H and O–H groups in total. The smallest absolute Gasteiger partial charge is 0.242 e. The third-order valence-electron chi connectivity index (χ3n) is 4.39. The number of rotatable bonds is 6. The van der Waals surface area contributed by atoms with Gasteiger partial charge in [0.05, 0.1) is 0 Å². The average molecular weight is 401 g/mol. The second-order valence-electron chi connectivity index (χ2n) is 6.60. The van der Waals surface area contributed by atoms with Crippen LogP contribution in [0, 0.1) is 6.92 Å². The van der Waals surface area contributed by atoms with Crippen molar-refractivity contribution in [3.63, 3.8) is 0 Å². The molecule has 1 amide bonds. The molecular formula is C23H20N4OS. The van der Waals surface area contributed by atoms with Crippen molar-refractivity contribution in [1.82, 2.24) is 15.2 Å². The number of benzene rings is 3. The van der Waals surface area contributed by atoms with Crippen LogP contribution in [0.15, 0.2) is 90.1 Å². The van der Waals surface area contributed by atoms with Crippen LogP contribution in [0.5, 0.6) is 0 Å². The molecule has 0 fully saturated rings. The van der Waals surface area contributed by atoms with E-state index in [1.807, 2.05) is 91.9 Å². The van der Waals surface area contributed by atoms with Crippen LogP contribution >= 0.6 is 11.8 Å². The van der Waals surface area contributed by atoms with Crippen LogP contribution in [-0.2, 0) is 4.79 Å². The van der Waals surface area contributed by atoms with Gasteiger partial charge in [0, 0.05) is 11.3 Å². The van der Waals surface area contributed by atoms with Gasteiger partial charge >= 0.3 is 0 Å². The minimum atomic E-state index is -0.475. The maximum Gasteiger partial charge on any atom is 0.242 e. The maximum atomic E-state index is 13.1. The topological polar surface area (TPSA) is 70.7 Å². The van der Waals surface area contributed by atoms with Gasteiger partial charge < -0.3 is 5.32 Å². The summed E-state index contributed by atoms with van der Waals surface area (Å²) >= 11 is 1.32. The molecule has 0 spiro atoms. The molecule has 0 aliphatic rings. The van der Waals surface area contributed by atoms with Crippen molar-refractivity contribution in [2.75, 3.05) is 5.32 Å². The zero-order valence-electron chi connectivity index (χ0n) is 15.9. The highest BCUT2D eigenvalue weighted by Gasteiger charge is 2.24. The summed E-state index contributed by atoms with van der Waals surface area (Å²) < 4.78 is 0. The lowest BCUT2D eigenvalue weighted by atomic mass is 10.1. The molecule has 0 saturated carbocycles. The minimum Gasteiger partial charge on any atom is -0.325 e. The molecule has 0 radical (unpaired) electrons. The lowest BCUT2D eigenvalue weighted by Crippen LogP contribution is -2.19. The molecule has 1 heterocycles. The predicted molar refractivity (Wildman–Crippen MR) is 117 cm³/mol. The van der Waals surface area contributed by atoms with Gasteiger partial charge in [-0.05, 0) is 24.6 Å². The number of hydrogen-bond donors (Lipinski definition) is 2. The number of H-pyrrole nitrogens is 1. The largest absolute Gasteiger partial charge is 0.325 e. The van der Waals surface area contributed by atoms with E-state index < -0.39 is 5.25 Å². The number of nitrogens with one attached hydrogen (secondary N) is 2. The lowest BCUT2D eigenvalue weighted by molar-refractivity contribution is -0.115. The molecule has 4 aromatic rings. The summed E-state index contributed by atoms with van der Waals surface area (Å²) in [5, 5.41) is 10.3. The van der Waals surface area contributed by atoms with E-state index >= 15 is 0 Å². The summed E-state index contributed by atoms with van der Waals surface area (Å²) in [5.74, 6) is 0.565. The Hall–Kier alpha value is -3.38. The van der Waals surface area contributed by atoms with E-state index in [0.29, 0.717) is 11.0 Å². The zero-order chi connectivity index (χ0) is 20.1. The summed E-state index contributed by atoms with van der Waals surface area (Å²) in [7, 11) is 0. The van der Waals surface area contributed by atoms with Crippen LogP contribution in [-0.4, -0.2) is 21.1 Å². The van der Waals surface area contributed by atoms with Gasteiger partial charge in [0.25, 0.3) is 0 Å². The number of amides is 1. The van der Waals surface area contributed by atoms with Crippen molar-refractivity contribution >= 4 is 23.4 Å². The Morgan fingerprint density at radius 1 is 0.931 bits per heavy atom. The highest BCUT2D eigenvalue weighted by atomic mass is 32.2. The van der Waals surface area contributed by atoms with E-state index in [1.165, 1.54) is 11.8 Å². The van der Waals surface area contributed by atoms with Crippen molar-refractivity contribution in [2.45, 2.75) is 17.3 Å². The van der Waals surface area contributed by atoms with Crippen molar-refractivity contribution in [3.8, 4) is 11.4 Å². The Morgan fingerprint density at radius 3 is 2.28 bits per heavy atom. The Balaban J connectivity index is 1.57. The second kappa shape index (κ2) is 8.75. The Morgan fingerprint density at radius 2 is 1.59 bits per heavy atom. The van der Waals surface area contributed by atoms with Crippen LogP contribution in [0.3, 0.4) is 0 Å². The monoisotopic (exact) mass is 400 g/mol. The van der Waals surface area contributed by atoms with Gasteiger partial charge in [0.15, 0.2) is 5.82 Å². The Kier molecular flexibility index (Phi) is 5.72. The maximum absolute atomic E-state index is 13.1. The van der Waals surface area contributed by atoms with Gasteiger partial charge in [-0.3, -0.25) is 9.89 Å². The molecule has 0 bridgehead atoms. The van der Waals surface area contributed by atoms with Crippen molar-refractivity contribution in [3.05, 3.63) is 96.1 Å². The molecule has 1 atom stereocenters. The van der Waals surface area contributed by atoms with E-state index in [1.54, 1.807) is 0 Å². The van der Waals surface area contributed by atoms with Gasteiger partial charge in [-0.25, -0.2) is 4.98 Å². The summed E-state index contributed by atoms with van der Waals surface area (Å²) in [6, 6.07) is 27.2. The molecule has 4 rings (SSSR count). The first-order chi connectivity index (χ1) is 14.2. The number of hydrogen-bond acceptors (Lipinski definition) is 4. The predicted octanol–water partition coefficient (Wildman–Crippen LogP) is 5.25. The second-order valence-corrected chi connectivity index (χ2v) is 7.67. The summed E-state index contributed by atoms with van der Waals surface area (Å²) in [4.78, 5) is 17.6. The van der Waals surface area contributed by atoms with Crippen molar-refractivity contribution in [1.29, 1.82) is 0 Å². The highest BCUT2D eigenvalue weighted by molar-refractivity contribution is 8.00. The third-order valence-corrected chi connectivity index (χ3v) is 5.51. The third kappa shape index (κ3) is 4.73. The molecule has 29 heavy (non-hydrogen) atoms. The fourth-order valence-electron chi connectivity index (χ4n) is 2.88. The fraction of sp³-hybridized carbons (Fsp3) is 0.0870. The average Bonchev–Trinajstić information content (AvgIpc) is 3.24. The number of aromatic amines is 1. The van der Waals surface area contributed by atoms with E-state index in [9.17, 15) is 4.79 Å². The molecule has 6 heteroatoms. The van der Waals surface area contributed by atoms with E-state index in [-0.39, 0.29) is 5.91 Å². The van der Waals surface area contributed by atoms with E-state index in [0.717, 1.165) is 22.4 Å². The molecule has 0 aliphatic heterocycles. The van der Waals surface area contributed by atoms with Crippen LogP contribution < -0.4 is 5.32 Å². The fourth-order valence-corrected chi connectivity index (χ4v) is 3.79. The van der Waals surface area contributed by atoms with Crippen LogP contribution in [0.25, 0.3) is 11.4 Å². The normalized spacial score (nSPS) is 11.8. The number of aromatic nitrogens is 3. The number of anilines is 1. The molecule has 144 valence electrons. The molecule has 0 aliphatic carbocycles. The molecule has 5 nitrogen and oxygen atoms in total. The van der Waals surface area contributed by atoms with Gasteiger partial charge in [-0.1, -0.05) is 90.1 Å². The summed E-state index contributed by atoms with van der Waals surface area (Å²) in [6.07, 6.45) is 0. The highest BCUT2D eigenvalue weighted by Crippen LogP contribution is 2.35. The number of carbonyl (C=O) groups excluding carboxylic acids is 1. The van der Waals surface area contributed by atoms with Crippen LogP contribution in [0.4, 0.5) is 5.69 Å². The zero-order valence-corrected chi connectivity index (χ0v) is 16.7. The first kappa shape index (κ1) is 19.0. The SMILES string of the molecule is Cc1ccc(NC(=O)[C@@H](Sc2n[nH]c(-c3ccccc3)n2)c2ccccc2)cc1. The lowest BCUT2D eigenvalue weighted by Gasteiger charge is -2.15. The number of thioether (sulfide) groups is 1. The molecule has 0 saturated heterocycles. The van der Waals surface area contributed by atoms with Gasteiger partial charge in [-0.2, -0.15) is 0 Å². The quantitative estimate of drug-likeness (QED) is 0.434. The number of nitrogens with zero attached hydrogens (tertiary/aromatic N) is 2. The van der Waals surface area contributed by atoms with Gasteiger partial charge in [0.1, 0.15) is 5.25 Å². The Labute approximate surface area is 173 Å². The first-order valence-corrected chi connectivity index (χ1v) is 10.1. The van der Waals surface area contributed by atoms with E-state index in [2.05, 4.69) is 20.5 Å². The standard InChI is InChI=1S/C23H20N4OS/c1-16-12-14-19(15-13-16)24-22(28)20(17-8-4-2-5-9-17)29-23-25-21(26-27-23)18-10-6-3-7-11-18/h2-15,20H,1H3,(H,24,28)(H,25,26,27)/t20-/m0/s1. The molecule has 0 unspecified atom stereocenters. The van der Waals surface area contributed by atoms with E-state index in [4.69, 9.17) is 0 Å². The molecule has 1 aromatic heterocycles. The van der Waals surface area contributed by atoms with Crippen molar-refractivity contribution in [2.24, 2.45) is 0 Å². The number of carbonyl (C=O) groups is 1. The molecular weight excluding hydrogens is 380 g/mol. The van der Waals surface area contributed by atoms with Crippen LogP contribution in [0.2, 0.25) is 0 Å². The Bertz CT molecular complexity index is 1080. The number of aryl methyl sites for hydroxylation is 1. The first-order valence-electron chi connectivity index (χ1n) is 9.26. The summed E-state index contributed by atoms with van der Waals surface area (Å²) in [6.45, 7) is 2.02. The summed E-state index contributed by atoms with van der Waals surface area (Å²) in [5.41, 5.74) is 3.76. The van der Waals surface area contributed by atoms with Crippen molar-refractivity contribution < 1.29 is 4.79 Å². The minimum absolute atomic E-state index is 0.115. The molecule has 3 aromatic carbocycles.